The zero-order chi connectivity index (χ0) is 19.6. The molecule has 1 saturated heterocycles. The van der Waals surface area contributed by atoms with Gasteiger partial charge in [0.25, 0.3) is 10.2 Å². The minimum Gasteiger partial charge on any atom is -0.379 e. The molecule has 7 nitrogen and oxygen atoms in total. The molecule has 1 aliphatic carbocycles. The molecule has 1 aromatic carbocycles. The van der Waals surface area contributed by atoms with Gasteiger partial charge in [-0.1, -0.05) is 23.7 Å². The molecule has 2 N–H and O–H groups in total. The second-order valence-electron chi connectivity index (χ2n) is 7.40. The predicted octanol–water partition coefficient (Wildman–Crippen LogP) is 2.92. The Bertz CT molecular complexity index is 903. The monoisotopic (exact) mass is 424 g/mol. The highest BCUT2D eigenvalue weighted by molar-refractivity contribution is 7.87. The number of ether oxygens (including phenoxy) is 1. The highest BCUT2D eigenvalue weighted by atomic mass is 35.5. The summed E-state index contributed by atoms with van der Waals surface area (Å²) >= 11 is 6.07. The van der Waals surface area contributed by atoms with Gasteiger partial charge in [0.05, 0.1) is 18.9 Å². The van der Waals surface area contributed by atoms with Crippen LogP contribution in [0.25, 0.3) is 11.3 Å². The Morgan fingerprint density at radius 1 is 1.14 bits per heavy atom. The number of nitrogens with one attached hydrogen (secondary N) is 2. The molecule has 1 aromatic heterocycles. The Labute approximate surface area is 170 Å². The summed E-state index contributed by atoms with van der Waals surface area (Å²) in [7, 11) is -3.43. The van der Waals surface area contributed by atoms with Crippen LogP contribution in [0.5, 0.6) is 0 Å². The normalized spacial score (nSPS) is 24.3. The SMILES string of the molecule is O=S(=O)(NC1CCC(c2cc(-c3cccc(Cl)c3)n[nH]2)CC1)N1CCOCC1. The lowest BCUT2D eigenvalue weighted by molar-refractivity contribution is 0.0722. The maximum absolute atomic E-state index is 12.5. The number of hydrogen-bond donors (Lipinski definition) is 2. The van der Waals surface area contributed by atoms with Gasteiger partial charge in [0, 0.05) is 41.3 Å². The third kappa shape index (κ3) is 4.58. The van der Waals surface area contributed by atoms with Crippen LogP contribution in [0.15, 0.2) is 30.3 Å². The summed E-state index contributed by atoms with van der Waals surface area (Å²) in [6.45, 7) is 1.76. The first kappa shape index (κ1) is 19.8. The minimum atomic E-state index is -3.43. The van der Waals surface area contributed by atoms with Gasteiger partial charge in [-0.2, -0.15) is 22.5 Å². The van der Waals surface area contributed by atoms with Crippen molar-refractivity contribution in [1.29, 1.82) is 0 Å². The fourth-order valence-corrected chi connectivity index (χ4v) is 5.56. The van der Waals surface area contributed by atoms with Crippen LogP contribution < -0.4 is 4.72 Å². The smallest absolute Gasteiger partial charge is 0.279 e. The van der Waals surface area contributed by atoms with Crippen LogP contribution in [0.1, 0.15) is 37.3 Å². The van der Waals surface area contributed by atoms with Crippen molar-refractivity contribution in [3.8, 4) is 11.3 Å². The van der Waals surface area contributed by atoms with Gasteiger partial charge >= 0.3 is 0 Å². The Morgan fingerprint density at radius 3 is 2.61 bits per heavy atom. The number of halogens is 1. The molecule has 1 saturated carbocycles. The lowest BCUT2D eigenvalue weighted by Crippen LogP contribution is -2.50. The van der Waals surface area contributed by atoms with Gasteiger partial charge in [-0.3, -0.25) is 5.10 Å². The van der Waals surface area contributed by atoms with E-state index in [2.05, 4.69) is 21.0 Å². The number of hydrogen-bond acceptors (Lipinski definition) is 4. The van der Waals surface area contributed by atoms with E-state index >= 15 is 0 Å². The number of benzene rings is 1. The summed E-state index contributed by atoms with van der Waals surface area (Å²) in [5.74, 6) is 0.365. The number of aromatic amines is 1. The summed E-state index contributed by atoms with van der Waals surface area (Å²) in [6.07, 6.45) is 3.49. The average Bonchev–Trinajstić information content (AvgIpc) is 3.19. The summed E-state index contributed by atoms with van der Waals surface area (Å²) < 4.78 is 34.6. The molecule has 0 unspecified atom stereocenters. The molecule has 9 heteroatoms. The predicted molar refractivity (Wildman–Crippen MR) is 108 cm³/mol. The number of H-pyrrole nitrogens is 1. The van der Waals surface area contributed by atoms with Crippen molar-refractivity contribution in [3.05, 3.63) is 41.0 Å². The van der Waals surface area contributed by atoms with Crippen LogP contribution in [0, 0.1) is 0 Å². The molecule has 0 atom stereocenters. The maximum atomic E-state index is 12.5. The highest BCUT2D eigenvalue weighted by Gasteiger charge is 2.30. The lowest BCUT2D eigenvalue weighted by atomic mass is 9.84. The van der Waals surface area contributed by atoms with Crippen LogP contribution >= 0.6 is 11.6 Å². The van der Waals surface area contributed by atoms with E-state index < -0.39 is 10.2 Å². The molecule has 0 radical (unpaired) electrons. The molecular weight excluding hydrogens is 400 g/mol. The van der Waals surface area contributed by atoms with Crippen molar-refractivity contribution in [2.45, 2.75) is 37.6 Å². The third-order valence-electron chi connectivity index (χ3n) is 5.51. The van der Waals surface area contributed by atoms with Gasteiger partial charge in [0.15, 0.2) is 0 Å². The first-order valence-electron chi connectivity index (χ1n) is 9.68. The summed E-state index contributed by atoms with van der Waals surface area (Å²) in [5.41, 5.74) is 2.97. The molecule has 2 aromatic rings. The first-order valence-corrected chi connectivity index (χ1v) is 11.5. The maximum Gasteiger partial charge on any atom is 0.279 e. The average molecular weight is 425 g/mol. The van der Waals surface area contributed by atoms with Crippen molar-refractivity contribution >= 4 is 21.8 Å². The summed E-state index contributed by atoms with van der Waals surface area (Å²) in [4.78, 5) is 0. The summed E-state index contributed by atoms with van der Waals surface area (Å²) in [5, 5.41) is 8.27. The fraction of sp³-hybridized carbons (Fsp3) is 0.526. The molecule has 4 rings (SSSR count). The molecule has 152 valence electrons. The molecule has 0 amide bonds. The van der Waals surface area contributed by atoms with Gasteiger partial charge in [-0.25, -0.2) is 0 Å². The molecule has 0 bridgehead atoms. The Hall–Kier alpha value is -1.45. The highest BCUT2D eigenvalue weighted by Crippen LogP contribution is 2.34. The fourth-order valence-electron chi connectivity index (χ4n) is 3.94. The van der Waals surface area contributed by atoms with E-state index in [1.807, 2.05) is 24.3 Å². The zero-order valence-electron chi connectivity index (χ0n) is 15.6. The molecule has 2 heterocycles. The van der Waals surface area contributed by atoms with Crippen molar-refractivity contribution in [2.24, 2.45) is 0 Å². The van der Waals surface area contributed by atoms with Gasteiger partial charge in [-0.15, -0.1) is 0 Å². The molecular formula is C19H25ClN4O3S. The van der Waals surface area contributed by atoms with Crippen LogP contribution in [0.2, 0.25) is 5.02 Å². The third-order valence-corrected chi connectivity index (χ3v) is 7.42. The van der Waals surface area contributed by atoms with E-state index in [9.17, 15) is 8.42 Å². The number of rotatable bonds is 5. The van der Waals surface area contributed by atoms with E-state index in [1.54, 1.807) is 0 Å². The Morgan fingerprint density at radius 2 is 1.89 bits per heavy atom. The standard InChI is InChI=1S/C19H25ClN4O3S/c20-16-3-1-2-15(12-16)19-13-18(21-22-19)14-4-6-17(7-5-14)23-28(25,26)24-8-10-27-11-9-24/h1-3,12-14,17,23H,4-11H2,(H,21,22). The molecule has 28 heavy (non-hydrogen) atoms. The van der Waals surface area contributed by atoms with E-state index in [0.717, 1.165) is 42.6 Å². The van der Waals surface area contributed by atoms with Gasteiger partial charge in [0.2, 0.25) is 0 Å². The van der Waals surface area contributed by atoms with Crippen LogP contribution in [-0.4, -0.2) is 55.3 Å². The van der Waals surface area contributed by atoms with Crippen LogP contribution in [0.4, 0.5) is 0 Å². The second-order valence-corrected chi connectivity index (χ2v) is 9.54. The van der Waals surface area contributed by atoms with Crippen molar-refractivity contribution in [3.63, 3.8) is 0 Å². The van der Waals surface area contributed by atoms with Gasteiger partial charge < -0.3 is 4.74 Å². The van der Waals surface area contributed by atoms with E-state index in [-0.39, 0.29) is 6.04 Å². The van der Waals surface area contributed by atoms with Crippen LogP contribution in [0.3, 0.4) is 0 Å². The molecule has 2 fully saturated rings. The topological polar surface area (TPSA) is 87.3 Å². The van der Waals surface area contributed by atoms with Crippen molar-refractivity contribution in [2.75, 3.05) is 26.3 Å². The quantitative estimate of drug-likeness (QED) is 0.772. The van der Waals surface area contributed by atoms with Gasteiger partial charge in [-0.05, 0) is 43.9 Å². The number of morpholine rings is 1. The van der Waals surface area contributed by atoms with E-state index in [0.29, 0.717) is 37.2 Å². The molecule has 0 spiro atoms. The van der Waals surface area contributed by atoms with Gasteiger partial charge in [0.1, 0.15) is 0 Å². The molecule has 2 aliphatic rings. The number of nitrogens with zero attached hydrogens (tertiary/aromatic N) is 2. The second kappa shape index (κ2) is 8.51. The van der Waals surface area contributed by atoms with Crippen molar-refractivity contribution < 1.29 is 13.2 Å². The van der Waals surface area contributed by atoms with Crippen molar-refractivity contribution in [1.82, 2.24) is 19.2 Å². The zero-order valence-corrected chi connectivity index (χ0v) is 17.2. The van der Waals surface area contributed by atoms with E-state index in [1.165, 1.54) is 4.31 Å². The Kier molecular flexibility index (Phi) is 6.03. The summed E-state index contributed by atoms with van der Waals surface area (Å²) in [6, 6.07) is 9.71. The molecule has 1 aliphatic heterocycles. The largest absolute Gasteiger partial charge is 0.379 e. The Balaban J connectivity index is 1.34. The van der Waals surface area contributed by atoms with E-state index in [4.69, 9.17) is 16.3 Å². The van der Waals surface area contributed by atoms with Crippen LogP contribution in [-0.2, 0) is 14.9 Å². The lowest BCUT2D eigenvalue weighted by Gasteiger charge is -2.32. The first-order chi connectivity index (χ1) is 13.5. The minimum absolute atomic E-state index is 0.0144. The number of aromatic nitrogens is 2.